The first-order valence-corrected chi connectivity index (χ1v) is 10.7. The molecule has 1 amide bonds. The van der Waals surface area contributed by atoms with Crippen molar-refractivity contribution in [2.75, 3.05) is 22.5 Å². The number of hydrogen-bond donors (Lipinski definition) is 4. The van der Waals surface area contributed by atoms with Crippen LogP contribution in [0.4, 0.5) is 17.1 Å². The zero-order valence-electron chi connectivity index (χ0n) is 17.4. The Bertz CT molecular complexity index is 1230. The molecule has 2 aromatic carbocycles. The molecule has 0 saturated carbocycles. The maximum atomic E-state index is 12.5. The fraction of sp³-hybridized carbons (Fsp3) is 0.227. The number of carboxylic acids is 1. The lowest BCUT2D eigenvalue weighted by Gasteiger charge is -2.22. The van der Waals surface area contributed by atoms with Crippen molar-refractivity contribution in [1.82, 2.24) is 4.98 Å². The summed E-state index contributed by atoms with van der Waals surface area (Å²) in [6, 6.07) is 5.59. The van der Waals surface area contributed by atoms with Crippen LogP contribution in [0.2, 0.25) is 10.0 Å². The Balaban J connectivity index is 1.79. The average molecular weight is 491 g/mol. The van der Waals surface area contributed by atoms with E-state index in [1.807, 2.05) is 6.92 Å². The first-order valence-electron chi connectivity index (χ1n) is 9.98. The number of hydrogen-bond acceptors (Lipinski definition) is 7. The summed E-state index contributed by atoms with van der Waals surface area (Å²) in [5.74, 6) is -1.62. The Morgan fingerprint density at radius 2 is 1.64 bits per heavy atom. The van der Waals surface area contributed by atoms with E-state index in [4.69, 9.17) is 23.2 Å². The monoisotopic (exact) mass is 490 g/mol. The molecule has 11 heteroatoms. The van der Waals surface area contributed by atoms with Crippen molar-refractivity contribution in [2.24, 2.45) is 0 Å². The van der Waals surface area contributed by atoms with E-state index in [1.165, 1.54) is 12.4 Å². The maximum Gasteiger partial charge on any atom is 0.305 e. The molecule has 4 N–H and O–H groups in total. The highest BCUT2D eigenvalue weighted by atomic mass is 35.5. The Kier molecular flexibility index (Phi) is 7.67. The third kappa shape index (κ3) is 5.50. The van der Waals surface area contributed by atoms with Crippen molar-refractivity contribution >= 4 is 52.1 Å². The van der Waals surface area contributed by atoms with Crippen LogP contribution in [-0.4, -0.2) is 28.5 Å². The Labute approximate surface area is 198 Å². The van der Waals surface area contributed by atoms with Crippen molar-refractivity contribution < 1.29 is 14.7 Å². The molecule has 1 heterocycles. The normalized spacial score (nSPS) is 11.7. The molecule has 9 nitrogen and oxygen atoms in total. The van der Waals surface area contributed by atoms with Crippen molar-refractivity contribution in [2.45, 2.75) is 25.8 Å². The van der Waals surface area contributed by atoms with Crippen LogP contribution >= 0.6 is 23.2 Å². The summed E-state index contributed by atoms with van der Waals surface area (Å²) >= 11 is 12.0. The first-order chi connectivity index (χ1) is 15.7. The zero-order chi connectivity index (χ0) is 24.1. The van der Waals surface area contributed by atoms with Gasteiger partial charge in [-0.05, 0) is 24.1 Å². The number of carbonyl (C=O) groups is 2. The van der Waals surface area contributed by atoms with Gasteiger partial charge in [-0.1, -0.05) is 42.3 Å². The first kappa shape index (κ1) is 24.2. The number of nitrogens with one attached hydrogen (secondary N) is 3. The van der Waals surface area contributed by atoms with Crippen molar-refractivity contribution in [3.63, 3.8) is 0 Å². The van der Waals surface area contributed by atoms with Crippen LogP contribution in [-0.2, 0) is 4.79 Å². The number of pyridine rings is 1. The predicted molar refractivity (Wildman–Crippen MR) is 127 cm³/mol. The van der Waals surface area contributed by atoms with E-state index in [2.05, 4.69) is 20.9 Å². The Hall–Kier alpha value is -3.43. The molecule has 0 saturated heterocycles. The number of carbonyl (C=O) groups excluding carboxylic acids is 1. The van der Waals surface area contributed by atoms with Crippen LogP contribution in [0.15, 0.2) is 46.2 Å². The molecule has 3 rings (SSSR count). The number of aliphatic carboxylic acids is 1. The van der Waals surface area contributed by atoms with Crippen molar-refractivity contribution in [3.05, 3.63) is 78.3 Å². The molecule has 0 fully saturated rings. The van der Waals surface area contributed by atoms with Gasteiger partial charge in [0.25, 0.3) is 16.8 Å². The van der Waals surface area contributed by atoms with Crippen LogP contribution in [0.1, 0.15) is 41.7 Å². The van der Waals surface area contributed by atoms with E-state index in [0.29, 0.717) is 17.8 Å². The van der Waals surface area contributed by atoms with Gasteiger partial charge >= 0.3 is 5.97 Å². The summed E-state index contributed by atoms with van der Waals surface area (Å²) in [6.07, 6.45) is 3.02. The molecule has 0 aliphatic heterocycles. The summed E-state index contributed by atoms with van der Waals surface area (Å²) < 4.78 is 0. The van der Waals surface area contributed by atoms with E-state index < -0.39 is 28.8 Å². The number of halogens is 2. The molecule has 1 aromatic heterocycles. The number of amides is 1. The van der Waals surface area contributed by atoms with E-state index in [-0.39, 0.29) is 33.4 Å². The fourth-order valence-corrected chi connectivity index (χ4v) is 3.71. The van der Waals surface area contributed by atoms with Gasteiger partial charge in [0.2, 0.25) is 0 Å². The average Bonchev–Trinajstić information content (AvgIpc) is 2.77. The molecule has 0 bridgehead atoms. The second-order valence-electron chi connectivity index (χ2n) is 7.18. The minimum atomic E-state index is -1.09. The number of aromatic nitrogens is 1. The standard InChI is InChI=1S/C22H20Cl2N4O5/c1-2-7-26-18-19(21(32)20(18)31)28-15(8-16(29)30)11-3-5-12(6-4-11)27-22(33)17-13(23)9-25-10-14(17)24/h3-6,9-10,15,26,28H,2,7-8H2,1H3,(H,27,33)(H,29,30)/t15-/m0/s1. The number of benzene rings is 1. The molecule has 0 radical (unpaired) electrons. The number of anilines is 3. The molecule has 0 unspecified atom stereocenters. The number of carboxylic acid groups (broad SMARTS) is 1. The fourth-order valence-electron chi connectivity index (χ4n) is 3.17. The summed E-state index contributed by atoms with van der Waals surface area (Å²) in [6.45, 7) is 2.42. The topological polar surface area (TPSA) is 137 Å². The lowest BCUT2D eigenvalue weighted by Crippen LogP contribution is -2.38. The summed E-state index contributed by atoms with van der Waals surface area (Å²) in [7, 11) is 0. The summed E-state index contributed by atoms with van der Waals surface area (Å²) in [5, 5.41) is 17.9. The summed E-state index contributed by atoms with van der Waals surface area (Å²) in [4.78, 5) is 51.6. The van der Waals surface area contributed by atoms with Gasteiger partial charge in [0.1, 0.15) is 11.4 Å². The largest absolute Gasteiger partial charge is 0.481 e. The maximum absolute atomic E-state index is 12.5. The van der Waals surface area contributed by atoms with Gasteiger partial charge < -0.3 is 21.1 Å². The quantitative estimate of drug-likeness (QED) is 0.315. The zero-order valence-corrected chi connectivity index (χ0v) is 19.0. The molecular weight excluding hydrogens is 471 g/mol. The molecule has 0 aliphatic rings. The van der Waals surface area contributed by atoms with Gasteiger partial charge in [-0.25, -0.2) is 0 Å². The predicted octanol–water partition coefficient (Wildman–Crippen LogP) is 3.69. The SMILES string of the molecule is CCCNc1c(N[C@@H](CC(=O)O)c2ccc(NC(=O)c3c(Cl)cncc3Cl)cc2)c(=O)c1=O. The second kappa shape index (κ2) is 10.5. The highest BCUT2D eigenvalue weighted by Crippen LogP contribution is 2.27. The molecule has 0 aliphatic carbocycles. The number of rotatable bonds is 10. The van der Waals surface area contributed by atoms with Gasteiger partial charge in [0, 0.05) is 24.6 Å². The Morgan fingerprint density at radius 3 is 2.21 bits per heavy atom. The summed E-state index contributed by atoms with van der Waals surface area (Å²) in [5.41, 5.74) is -0.0575. The van der Waals surface area contributed by atoms with Gasteiger partial charge in [0.15, 0.2) is 0 Å². The van der Waals surface area contributed by atoms with E-state index in [1.54, 1.807) is 24.3 Å². The third-order valence-electron chi connectivity index (χ3n) is 4.81. The van der Waals surface area contributed by atoms with Gasteiger partial charge in [-0.3, -0.25) is 24.2 Å². The lowest BCUT2D eigenvalue weighted by molar-refractivity contribution is -0.137. The molecule has 3 aromatic rings. The second-order valence-corrected chi connectivity index (χ2v) is 8.00. The Morgan fingerprint density at radius 1 is 1.03 bits per heavy atom. The van der Waals surface area contributed by atoms with Gasteiger partial charge in [-0.2, -0.15) is 0 Å². The minimum absolute atomic E-state index is 0.0686. The van der Waals surface area contributed by atoms with Gasteiger partial charge in [-0.15, -0.1) is 0 Å². The van der Waals surface area contributed by atoms with Crippen LogP contribution in [0.25, 0.3) is 0 Å². The molecule has 0 spiro atoms. The van der Waals surface area contributed by atoms with Gasteiger partial charge in [0.05, 0.1) is 28.1 Å². The van der Waals surface area contributed by atoms with E-state index in [9.17, 15) is 24.3 Å². The molecule has 1 atom stereocenters. The smallest absolute Gasteiger partial charge is 0.305 e. The van der Waals surface area contributed by atoms with Crippen molar-refractivity contribution in [3.8, 4) is 0 Å². The highest BCUT2D eigenvalue weighted by molar-refractivity contribution is 6.40. The van der Waals surface area contributed by atoms with Crippen LogP contribution in [0, 0.1) is 0 Å². The lowest BCUT2D eigenvalue weighted by atomic mass is 10.0. The molecular formula is C22H20Cl2N4O5. The van der Waals surface area contributed by atoms with Crippen LogP contribution in [0.5, 0.6) is 0 Å². The van der Waals surface area contributed by atoms with Crippen LogP contribution < -0.4 is 26.8 Å². The number of nitrogens with zero attached hydrogens (tertiary/aromatic N) is 1. The van der Waals surface area contributed by atoms with E-state index in [0.717, 1.165) is 6.42 Å². The van der Waals surface area contributed by atoms with E-state index >= 15 is 0 Å². The third-order valence-corrected chi connectivity index (χ3v) is 5.38. The van der Waals surface area contributed by atoms with Crippen LogP contribution in [0.3, 0.4) is 0 Å². The molecule has 33 heavy (non-hydrogen) atoms. The minimum Gasteiger partial charge on any atom is -0.481 e. The highest BCUT2D eigenvalue weighted by Gasteiger charge is 2.25. The molecule has 172 valence electrons. The van der Waals surface area contributed by atoms with Crippen molar-refractivity contribution in [1.29, 1.82) is 0 Å².